The van der Waals surface area contributed by atoms with Crippen LogP contribution >= 0.6 is 22.9 Å². The van der Waals surface area contributed by atoms with Crippen LogP contribution in [-0.2, 0) is 6.42 Å². The molecule has 0 amide bonds. The molecule has 0 radical (unpaired) electrons. The highest BCUT2D eigenvalue weighted by Crippen LogP contribution is 2.29. The molecular formula is C14H17ClN2S. The van der Waals surface area contributed by atoms with Crippen LogP contribution in [-0.4, -0.2) is 11.5 Å². The van der Waals surface area contributed by atoms with E-state index in [0.29, 0.717) is 0 Å². The van der Waals surface area contributed by atoms with E-state index in [1.165, 1.54) is 9.88 Å². The maximum atomic E-state index is 6.02. The number of unbranched alkanes of at least 4 members (excludes halogenated alkanes) is 1. The molecule has 0 unspecified atom stereocenters. The van der Waals surface area contributed by atoms with Crippen LogP contribution in [0.25, 0.3) is 11.3 Å². The highest BCUT2D eigenvalue weighted by atomic mass is 35.5. The number of aromatic nitrogens is 1. The number of nitrogens with two attached hydrogens (primary N) is 1. The predicted molar refractivity (Wildman–Crippen MR) is 79.3 cm³/mol. The van der Waals surface area contributed by atoms with Crippen LogP contribution in [0, 0.1) is 6.92 Å². The molecule has 0 aliphatic rings. The van der Waals surface area contributed by atoms with Crippen LogP contribution in [0.4, 0.5) is 0 Å². The molecule has 2 aromatic rings. The summed E-state index contributed by atoms with van der Waals surface area (Å²) in [5.41, 5.74) is 7.66. The second-order valence-corrected chi connectivity index (χ2v) is 5.99. The maximum Gasteiger partial charge on any atom is 0.0935 e. The van der Waals surface area contributed by atoms with Gasteiger partial charge in [-0.3, -0.25) is 0 Å². The monoisotopic (exact) mass is 280 g/mol. The van der Waals surface area contributed by atoms with Gasteiger partial charge in [0.15, 0.2) is 0 Å². The van der Waals surface area contributed by atoms with Gasteiger partial charge in [0.1, 0.15) is 0 Å². The SMILES string of the molecule is Cc1sc(CCCCN)nc1-c1cccc(Cl)c1. The number of hydrogen-bond acceptors (Lipinski definition) is 3. The molecule has 2 nitrogen and oxygen atoms in total. The number of rotatable bonds is 5. The molecular weight excluding hydrogens is 264 g/mol. The van der Waals surface area contributed by atoms with Crippen molar-refractivity contribution < 1.29 is 0 Å². The first-order chi connectivity index (χ1) is 8.70. The first-order valence-electron chi connectivity index (χ1n) is 6.13. The quantitative estimate of drug-likeness (QED) is 0.839. The molecule has 96 valence electrons. The molecule has 0 atom stereocenters. The molecule has 0 bridgehead atoms. The lowest BCUT2D eigenvalue weighted by molar-refractivity contribution is 0.742. The van der Waals surface area contributed by atoms with E-state index in [-0.39, 0.29) is 0 Å². The lowest BCUT2D eigenvalue weighted by Gasteiger charge is -1.99. The summed E-state index contributed by atoms with van der Waals surface area (Å²) >= 11 is 7.79. The molecule has 0 saturated heterocycles. The Kier molecular flexibility index (Phi) is 4.75. The van der Waals surface area contributed by atoms with Crippen molar-refractivity contribution >= 4 is 22.9 Å². The molecule has 0 saturated carbocycles. The molecule has 1 heterocycles. The Morgan fingerprint density at radius 3 is 2.89 bits per heavy atom. The van der Waals surface area contributed by atoms with Crippen LogP contribution in [0.2, 0.25) is 5.02 Å². The van der Waals surface area contributed by atoms with Crippen LogP contribution in [0.15, 0.2) is 24.3 Å². The fourth-order valence-electron chi connectivity index (χ4n) is 1.88. The lowest BCUT2D eigenvalue weighted by Crippen LogP contribution is -1.98. The van der Waals surface area contributed by atoms with E-state index in [2.05, 4.69) is 13.0 Å². The highest BCUT2D eigenvalue weighted by molar-refractivity contribution is 7.12. The van der Waals surface area contributed by atoms with Crippen molar-refractivity contribution in [2.24, 2.45) is 5.73 Å². The van der Waals surface area contributed by atoms with Crippen molar-refractivity contribution in [2.75, 3.05) is 6.54 Å². The summed E-state index contributed by atoms with van der Waals surface area (Å²) in [6.07, 6.45) is 3.19. The maximum absolute atomic E-state index is 6.02. The number of nitrogens with zero attached hydrogens (tertiary/aromatic N) is 1. The van der Waals surface area contributed by atoms with Gasteiger partial charge in [0.05, 0.1) is 10.7 Å². The topological polar surface area (TPSA) is 38.9 Å². The van der Waals surface area contributed by atoms with Crippen LogP contribution < -0.4 is 5.73 Å². The first kappa shape index (κ1) is 13.5. The van der Waals surface area contributed by atoms with E-state index in [0.717, 1.165) is 42.1 Å². The van der Waals surface area contributed by atoms with Crippen LogP contribution in [0.1, 0.15) is 22.7 Å². The molecule has 0 spiro atoms. The Bertz CT molecular complexity index is 522. The minimum atomic E-state index is 0.754. The zero-order valence-corrected chi connectivity index (χ0v) is 12.0. The molecule has 18 heavy (non-hydrogen) atoms. The number of aryl methyl sites for hydroxylation is 2. The lowest BCUT2D eigenvalue weighted by atomic mass is 10.1. The third-order valence-electron chi connectivity index (χ3n) is 2.78. The van der Waals surface area contributed by atoms with Gasteiger partial charge in [0, 0.05) is 15.5 Å². The van der Waals surface area contributed by atoms with Crippen molar-refractivity contribution in [1.29, 1.82) is 0 Å². The Morgan fingerprint density at radius 1 is 1.33 bits per heavy atom. The van der Waals surface area contributed by atoms with Gasteiger partial charge in [-0.05, 0) is 44.9 Å². The third kappa shape index (κ3) is 3.31. The van der Waals surface area contributed by atoms with Crippen molar-refractivity contribution in [3.8, 4) is 11.3 Å². The van der Waals surface area contributed by atoms with Gasteiger partial charge in [-0.2, -0.15) is 0 Å². The van der Waals surface area contributed by atoms with Gasteiger partial charge in [-0.1, -0.05) is 23.7 Å². The van der Waals surface area contributed by atoms with Gasteiger partial charge >= 0.3 is 0 Å². The number of halogens is 1. The zero-order valence-electron chi connectivity index (χ0n) is 10.4. The van der Waals surface area contributed by atoms with E-state index < -0.39 is 0 Å². The normalized spacial score (nSPS) is 10.8. The van der Waals surface area contributed by atoms with Crippen molar-refractivity contribution in [3.63, 3.8) is 0 Å². The van der Waals surface area contributed by atoms with E-state index in [4.69, 9.17) is 22.3 Å². The molecule has 0 aliphatic carbocycles. The molecule has 1 aromatic heterocycles. The van der Waals surface area contributed by atoms with E-state index >= 15 is 0 Å². The van der Waals surface area contributed by atoms with E-state index in [9.17, 15) is 0 Å². The number of benzene rings is 1. The number of thiazole rings is 1. The summed E-state index contributed by atoms with van der Waals surface area (Å²) < 4.78 is 0. The second kappa shape index (κ2) is 6.32. The van der Waals surface area contributed by atoms with E-state index in [1.54, 1.807) is 11.3 Å². The standard InChI is InChI=1S/C14H17ClN2S/c1-10-14(11-5-4-6-12(15)9-11)17-13(18-10)7-2-3-8-16/h4-6,9H,2-3,7-8,16H2,1H3. The minimum absolute atomic E-state index is 0.754. The first-order valence-corrected chi connectivity index (χ1v) is 7.32. The molecule has 0 aliphatic heterocycles. The fourth-order valence-corrected chi connectivity index (χ4v) is 3.07. The van der Waals surface area contributed by atoms with Crippen molar-refractivity contribution in [1.82, 2.24) is 4.98 Å². The average molecular weight is 281 g/mol. The largest absolute Gasteiger partial charge is 0.330 e. The summed E-state index contributed by atoms with van der Waals surface area (Å²) in [6.45, 7) is 2.87. The van der Waals surface area contributed by atoms with Crippen LogP contribution in [0.5, 0.6) is 0 Å². The minimum Gasteiger partial charge on any atom is -0.330 e. The molecule has 1 aromatic carbocycles. The second-order valence-electron chi connectivity index (χ2n) is 4.27. The van der Waals surface area contributed by atoms with Gasteiger partial charge in [-0.15, -0.1) is 11.3 Å². The third-order valence-corrected chi connectivity index (χ3v) is 4.05. The van der Waals surface area contributed by atoms with Gasteiger partial charge in [0.2, 0.25) is 0 Å². The Hall–Kier alpha value is -0.900. The van der Waals surface area contributed by atoms with Crippen molar-refractivity contribution in [2.45, 2.75) is 26.2 Å². The average Bonchev–Trinajstić information content (AvgIpc) is 2.71. The molecule has 2 rings (SSSR count). The predicted octanol–water partition coefficient (Wildman–Crippen LogP) is 4.05. The van der Waals surface area contributed by atoms with Crippen LogP contribution in [0.3, 0.4) is 0 Å². The van der Waals surface area contributed by atoms with Gasteiger partial charge in [-0.25, -0.2) is 4.98 Å². The smallest absolute Gasteiger partial charge is 0.0935 e. The van der Waals surface area contributed by atoms with Crippen molar-refractivity contribution in [3.05, 3.63) is 39.2 Å². The summed E-state index contributed by atoms with van der Waals surface area (Å²) in [6, 6.07) is 7.87. The summed E-state index contributed by atoms with van der Waals surface area (Å²) in [5, 5.41) is 1.94. The Balaban J connectivity index is 2.18. The summed E-state index contributed by atoms with van der Waals surface area (Å²) in [4.78, 5) is 5.96. The molecule has 0 fully saturated rings. The summed E-state index contributed by atoms with van der Waals surface area (Å²) in [5.74, 6) is 0. The Morgan fingerprint density at radius 2 is 2.17 bits per heavy atom. The van der Waals surface area contributed by atoms with Gasteiger partial charge in [0.25, 0.3) is 0 Å². The fraction of sp³-hybridized carbons (Fsp3) is 0.357. The molecule has 4 heteroatoms. The Labute approximate surface area is 117 Å². The van der Waals surface area contributed by atoms with Gasteiger partial charge < -0.3 is 5.73 Å². The summed E-state index contributed by atoms with van der Waals surface area (Å²) in [7, 11) is 0. The number of hydrogen-bond donors (Lipinski definition) is 1. The zero-order chi connectivity index (χ0) is 13.0. The van der Waals surface area contributed by atoms with E-state index in [1.807, 2.05) is 18.2 Å². The highest BCUT2D eigenvalue weighted by Gasteiger charge is 2.09. The molecule has 2 N–H and O–H groups in total.